The Morgan fingerprint density at radius 3 is 1.35 bits per heavy atom. The van der Waals surface area contributed by atoms with Crippen molar-refractivity contribution >= 4 is 0 Å². The smallest absolute Gasteiger partial charge is 0.115 e. The lowest BCUT2D eigenvalue weighted by atomic mass is 10.0. The first-order chi connectivity index (χ1) is 11.1. The minimum atomic E-state index is 0.00551. The molecule has 0 heterocycles. The Bertz CT molecular complexity index is 521. The van der Waals surface area contributed by atoms with Crippen LogP contribution in [0.3, 0.4) is 0 Å². The van der Waals surface area contributed by atoms with Crippen LogP contribution in [-0.4, -0.2) is 10.2 Å². The summed E-state index contributed by atoms with van der Waals surface area (Å²) in [4.78, 5) is 0. The van der Waals surface area contributed by atoms with Gasteiger partial charge in [-0.3, -0.25) is 0 Å². The van der Waals surface area contributed by atoms with Crippen LogP contribution in [0, 0.1) is 0 Å². The highest BCUT2D eigenvalue weighted by molar-refractivity contribution is 5.29. The van der Waals surface area contributed by atoms with Crippen molar-refractivity contribution in [1.82, 2.24) is 0 Å². The van der Waals surface area contributed by atoms with Crippen LogP contribution in [0.5, 0.6) is 11.5 Å². The number of phenols is 2. The van der Waals surface area contributed by atoms with Crippen LogP contribution in [0.4, 0.5) is 0 Å². The second kappa shape index (κ2) is 8.59. The molecule has 0 bridgehead atoms. The highest BCUT2D eigenvalue weighted by atomic mass is 16.5. The summed E-state index contributed by atoms with van der Waals surface area (Å²) in [5, 5.41) is 18.9. The molecule has 0 amide bonds. The molecule has 3 nitrogen and oxygen atoms in total. The molecule has 0 aliphatic heterocycles. The van der Waals surface area contributed by atoms with Gasteiger partial charge in [-0.25, -0.2) is 0 Å². The molecule has 2 aromatic carbocycles. The first kappa shape index (κ1) is 17.4. The van der Waals surface area contributed by atoms with Crippen LogP contribution in [0.1, 0.15) is 62.9 Å². The lowest BCUT2D eigenvalue weighted by Crippen LogP contribution is -2.11. The Morgan fingerprint density at radius 2 is 1.04 bits per heavy atom. The fourth-order valence-corrected chi connectivity index (χ4v) is 2.73. The van der Waals surface area contributed by atoms with Crippen molar-refractivity contribution < 1.29 is 14.9 Å². The van der Waals surface area contributed by atoms with E-state index in [9.17, 15) is 10.2 Å². The highest BCUT2D eigenvalue weighted by Gasteiger charge is 2.19. The van der Waals surface area contributed by atoms with Crippen LogP contribution < -0.4 is 0 Å². The van der Waals surface area contributed by atoms with Gasteiger partial charge in [0, 0.05) is 0 Å². The molecular weight excluding hydrogens is 288 g/mol. The Hall–Kier alpha value is -2.00. The summed E-state index contributed by atoms with van der Waals surface area (Å²) < 4.78 is 6.42. The SMILES string of the molecule is CCCC(OC(CCC)c1ccc(O)cc1)c1ccc(O)cc1. The minimum absolute atomic E-state index is 0.00551. The third-order valence-corrected chi connectivity index (χ3v) is 3.96. The van der Waals surface area contributed by atoms with Crippen LogP contribution >= 0.6 is 0 Å². The number of hydrogen-bond acceptors (Lipinski definition) is 3. The van der Waals surface area contributed by atoms with Gasteiger partial charge in [-0.1, -0.05) is 51.0 Å². The van der Waals surface area contributed by atoms with Crippen LogP contribution in [-0.2, 0) is 4.74 Å². The zero-order valence-electron chi connectivity index (χ0n) is 13.9. The van der Waals surface area contributed by atoms with Crippen molar-refractivity contribution in [3.8, 4) is 11.5 Å². The summed E-state index contributed by atoms with van der Waals surface area (Å²) in [7, 11) is 0. The van der Waals surface area contributed by atoms with E-state index in [1.807, 2.05) is 24.3 Å². The molecule has 0 spiro atoms. The van der Waals surface area contributed by atoms with Crippen LogP contribution in [0.25, 0.3) is 0 Å². The number of phenolic OH excluding ortho intramolecular Hbond substituents is 2. The molecule has 0 saturated carbocycles. The number of ether oxygens (including phenoxy) is 1. The van der Waals surface area contributed by atoms with Gasteiger partial charge < -0.3 is 14.9 Å². The third-order valence-electron chi connectivity index (χ3n) is 3.96. The van der Waals surface area contributed by atoms with E-state index in [4.69, 9.17) is 4.74 Å². The predicted octanol–water partition coefficient (Wildman–Crippen LogP) is 5.50. The van der Waals surface area contributed by atoms with Crippen molar-refractivity contribution in [1.29, 1.82) is 0 Å². The van der Waals surface area contributed by atoms with Gasteiger partial charge >= 0.3 is 0 Å². The molecule has 2 aromatic rings. The Kier molecular flexibility index (Phi) is 6.48. The fraction of sp³-hybridized carbons (Fsp3) is 0.400. The molecule has 0 aliphatic rings. The topological polar surface area (TPSA) is 49.7 Å². The molecule has 2 N–H and O–H groups in total. The average Bonchev–Trinajstić information content (AvgIpc) is 2.55. The largest absolute Gasteiger partial charge is 0.508 e. The zero-order valence-corrected chi connectivity index (χ0v) is 13.9. The van der Waals surface area contributed by atoms with E-state index in [0.717, 1.165) is 36.8 Å². The van der Waals surface area contributed by atoms with E-state index in [1.54, 1.807) is 24.3 Å². The van der Waals surface area contributed by atoms with E-state index in [1.165, 1.54) is 0 Å². The van der Waals surface area contributed by atoms with Crippen molar-refractivity contribution in [2.24, 2.45) is 0 Å². The molecule has 0 fully saturated rings. The van der Waals surface area contributed by atoms with Gasteiger partial charge in [0.2, 0.25) is 0 Å². The third kappa shape index (κ3) is 5.00. The molecule has 0 saturated heterocycles. The van der Waals surface area contributed by atoms with E-state index in [2.05, 4.69) is 13.8 Å². The monoisotopic (exact) mass is 314 g/mol. The van der Waals surface area contributed by atoms with E-state index in [0.29, 0.717) is 0 Å². The number of hydrogen-bond donors (Lipinski definition) is 2. The summed E-state index contributed by atoms with van der Waals surface area (Å²) >= 11 is 0. The summed E-state index contributed by atoms with van der Waals surface area (Å²) in [6.45, 7) is 4.29. The van der Waals surface area contributed by atoms with Crippen molar-refractivity contribution in [3.63, 3.8) is 0 Å². The second-order valence-corrected chi connectivity index (χ2v) is 5.87. The van der Waals surface area contributed by atoms with Gasteiger partial charge in [0.15, 0.2) is 0 Å². The Labute approximate surface area is 138 Å². The Morgan fingerprint density at radius 1 is 0.696 bits per heavy atom. The molecule has 2 unspecified atom stereocenters. The van der Waals surface area contributed by atoms with Crippen molar-refractivity contribution in [3.05, 3.63) is 59.7 Å². The molecule has 23 heavy (non-hydrogen) atoms. The van der Waals surface area contributed by atoms with E-state index < -0.39 is 0 Å². The quantitative estimate of drug-likeness (QED) is 0.676. The highest BCUT2D eigenvalue weighted by Crippen LogP contribution is 2.33. The first-order valence-electron chi connectivity index (χ1n) is 8.37. The van der Waals surface area contributed by atoms with Gasteiger partial charge in [0.1, 0.15) is 11.5 Å². The number of rotatable bonds is 8. The maximum Gasteiger partial charge on any atom is 0.115 e. The van der Waals surface area contributed by atoms with Gasteiger partial charge in [-0.2, -0.15) is 0 Å². The fourth-order valence-electron chi connectivity index (χ4n) is 2.73. The normalized spacial score (nSPS) is 13.7. The van der Waals surface area contributed by atoms with Crippen molar-refractivity contribution in [2.45, 2.75) is 51.7 Å². The molecular formula is C20H26O3. The Balaban J connectivity index is 2.19. The minimum Gasteiger partial charge on any atom is -0.508 e. The molecule has 0 aliphatic carbocycles. The zero-order chi connectivity index (χ0) is 16.7. The molecule has 2 atom stereocenters. The van der Waals surface area contributed by atoms with Crippen molar-refractivity contribution in [2.75, 3.05) is 0 Å². The van der Waals surface area contributed by atoms with E-state index in [-0.39, 0.29) is 23.7 Å². The first-order valence-corrected chi connectivity index (χ1v) is 8.37. The number of benzene rings is 2. The van der Waals surface area contributed by atoms with Crippen LogP contribution in [0.15, 0.2) is 48.5 Å². The maximum atomic E-state index is 9.47. The van der Waals surface area contributed by atoms with Gasteiger partial charge in [-0.05, 0) is 48.2 Å². The molecule has 2 rings (SSSR count). The lowest BCUT2D eigenvalue weighted by Gasteiger charge is -2.25. The summed E-state index contributed by atoms with van der Waals surface area (Å²) in [5.74, 6) is 0.542. The predicted molar refractivity (Wildman–Crippen MR) is 92.6 cm³/mol. The second-order valence-electron chi connectivity index (χ2n) is 5.87. The summed E-state index contributed by atoms with van der Waals surface area (Å²) in [6, 6.07) is 14.5. The van der Waals surface area contributed by atoms with Crippen LogP contribution in [0.2, 0.25) is 0 Å². The van der Waals surface area contributed by atoms with Gasteiger partial charge in [0.05, 0.1) is 12.2 Å². The maximum absolute atomic E-state index is 9.47. The van der Waals surface area contributed by atoms with Gasteiger partial charge in [-0.15, -0.1) is 0 Å². The molecule has 0 aromatic heterocycles. The summed E-state index contributed by atoms with van der Waals surface area (Å²) in [5.41, 5.74) is 2.18. The molecule has 124 valence electrons. The molecule has 3 heteroatoms. The molecule has 0 radical (unpaired) electrons. The lowest BCUT2D eigenvalue weighted by molar-refractivity contribution is -0.0247. The average molecular weight is 314 g/mol. The van der Waals surface area contributed by atoms with E-state index >= 15 is 0 Å². The standard InChI is InChI=1S/C20H26O3/c1-3-5-19(15-7-11-17(21)12-8-15)23-20(6-4-2)16-9-13-18(22)14-10-16/h7-14,19-22H,3-6H2,1-2H3. The number of aromatic hydroxyl groups is 2. The van der Waals surface area contributed by atoms with Gasteiger partial charge in [0.25, 0.3) is 0 Å². The summed E-state index contributed by atoms with van der Waals surface area (Å²) in [6.07, 6.45) is 3.93.